The van der Waals surface area contributed by atoms with E-state index in [1.54, 1.807) is 19.9 Å². The van der Waals surface area contributed by atoms with Crippen LogP contribution in [0.5, 0.6) is 0 Å². The van der Waals surface area contributed by atoms with Gasteiger partial charge in [-0.05, 0) is 25.5 Å². The molecule has 21 heavy (non-hydrogen) atoms. The molecule has 8 nitrogen and oxygen atoms in total. The summed E-state index contributed by atoms with van der Waals surface area (Å²) in [5.74, 6) is -0.342. The number of anilines is 2. The third-order valence-corrected chi connectivity index (χ3v) is 2.87. The van der Waals surface area contributed by atoms with Gasteiger partial charge < -0.3 is 11.1 Å². The van der Waals surface area contributed by atoms with Crippen molar-refractivity contribution in [3.8, 4) is 0 Å². The molecule has 0 saturated heterocycles. The first kappa shape index (κ1) is 14.4. The number of nitrogens with zero attached hydrogens (tertiary/aromatic N) is 3. The van der Waals surface area contributed by atoms with Crippen molar-refractivity contribution in [3.63, 3.8) is 0 Å². The Morgan fingerprint density at radius 2 is 2.00 bits per heavy atom. The van der Waals surface area contributed by atoms with Crippen molar-refractivity contribution in [2.24, 2.45) is 0 Å². The first-order valence-corrected chi connectivity index (χ1v) is 6.03. The number of nitro benzene ring substituents is 1. The number of nitro groups is 1. The van der Waals surface area contributed by atoms with Crippen LogP contribution in [0.2, 0.25) is 0 Å². The molecule has 0 saturated carbocycles. The minimum Gasteiger partial charge on any atom is -0.382 e. The van der Waals surface area contributed by atoms with Crippen LogP contribution in [0.25, 0.3) is 0 Å². The van der Waals surface area contributed by atoms with Gasteiger partial charge in [0.1, 0.15) is 11.5 Å². The van der Waals surface area contributed by atoms with Gasteiger partial charge in [0.25, 0.3) is 11.6 Å². The number of aryl methyl sites for hydroxylation is 2. The Hall–Kier alpha value is -3.03. The average Bonchev–Trinajstić information content (AvgIpc) is 2.42. The van der Waals surface area contributed by atoms with E-state index < -0.39 is 10.8 Å². The van der Waals surface area contributed by atoms with Gasteiger partial charge in [-0.3, -0.25) is 19.9 Å². The van der Waals surface area contributed by atoms with Crippen LogP contribution in [0, 0.1) is 24.0 Å². The Morgan fingerprint density at radius 3 is 2.62 bits per heavy atom. The molecule has 0 bridgehead atoms. The lowest BCUT2D eigenvalue weighted by Gasteiger charge is -2.09. The maximum absolute atomic E-state index is 12.0. The van der Waals surface area contributed by atoms with Gasteiger partial charge in [-0.25, -0.2) is 4.98 Å². The molecule has 8 heteroatoms. The second-order valence-electron chi connectivity index (χ2n) is 4.49. The highest BCUT2D eigenvalue weighted by Crippen LogP contribution is 2.26. The summed E-state index contributed by atoms with van der Waals surface area (Å²) < 4.78 is 0. The SMILES string of the molecule is Cc1cc([N+](=O)[O-])c(C)cc1NC(=O)c1cncc(N)n1. The highest BCUT2D eigenvalue weighted by atomic mass is 16.6. The fourth-order valence-electron chi connectivity index (χ4n) is 1.81. The smallest absolute Gasteiger partial charge is 0.275 e. The first-order chi connectivity index (χ1) is 9.88. The Kier molecular flexibility index (Phi) is 3.79. The number of hydrogen-bond acceptors (Lipinski definition) is 6. The normalized spacial score (nSPS) is 10.2. The van der Waals surface area contributed by atoms with Crippen LogP contribution in [0.1, 0.15) is 21.6 Å². The van der Waals surface area contributed by atoms with E-state index in [9.17, 15) is 14.9 Å². The molecule has 2 rings (SSSR count). The summed E-state index contributed by atoms with van der Waals surface area (Å²) in [6.07, 6.45) is 2.62. The Morgan fingerprint density at radius 1 is 1.29 bits per heavy atom. The van der Waals surface area contributed by atoms with Crippen molar-refractivity contribution in [1.82, 2.24) is 9.97 Å². The number of benzene rings is 1. The zero-order valence-electron chi connectivity index (χ0n) is 11.5. The molecule has 3 N–H and O–H groups in total. The van der Waals surface area contributed by atoms with Crippen LogP contribution >= 0.6 is 0 Å². The lowest BCUT2D eigenvalue weighted by atomic mass is 10.1. The molecule has 1 aromatic heterocycles. The predicted octanol–water partition coefficient (Wildman–Crippen LogP) is 1.84. The van der Waals surface area contributed by atoms with E-state index in [1.165, 1.54) is 18.5 Å². The number of carbonyl (C=O) groups is 1. The third-order valence-electron chi connectivity index (χ3n) is 2.87. The minimum atomic E-state index is -0.480. The number of hydrogen-bond donors (Lipinski definition) is 2. The third kappa shape index (κ3) is 3.11. The number of carbonyl (C=O) groups excluding carboxylic acids is 1. The van der Waals surface area contributed by atoms with Crippen LogP contribution in [0.3, 0.4) is 0 Å². The maximum atomic E-state index is 12.0. The van der Waals surface area contributed by atoms with E-state index in [0.717, 1.165) is 0 Å². The maximum Gasteiger partial charge on any atom is 0.275 e. The quantitative estimate of drug-likeness (QED) is 0.655. The second-order valence-corrected chi connectivity index (χ2v) is 4.49. The molecule has 1 aromatic carbocycles. The van der Waals surface area contributed by atoms with Crippen LogP contribution in [-0.4, -0.2) is 20.8 Å². The average molecular weight is 287 g/mol. The van der Waals surface area contributed by atoms with Gasteiger partial charge in [0.05, 0.1) is 17.3 Å². The molecule has 108 valence electrons. The Labute approximate surface area is 120 Å². The van der Waals surface area contributed by atoms with E-state index in [-0.39, 0.29) is 17.2 Å². The number of nitrogens with two attached hydrogens (primary N) is 1. The van der Waals surface area contributed by atoms with E-state index >= 15 is 0 Å². The van der Waals surface area contributed by atoms with Crippen LogP contribution in [0.4, 0.5) is 17.2 Å². The van der Waals surface area contributed by atoms with Gasteiger partial charge in [0.15, 0.2) is 0 Å². The highest BCUT2D eigenvalue weighted by molar-refractivity contribution is 6.03. The summed E-state index contributed by atoms with van der Waals surface area (Å²) in [5.41, 5.74) is 7.07. The van der Waals surface area contributed by atoms with Crippen molar-refractivity contribution in [3.05, 3.63) is 51.5 Å². The molecular formula is C13H13N5O3. The fourth-order valence-corrected chi connectivity index (χ4v) is 1.81. The summed E-state index contributed by atoms with van der Waals surface area (Å²) in [4.78, 5) is 30.1. The monoisotopic (exact) mass is 287 g/mol. The van der Waals surface area contributed by atoms with Crippen molar-refractivity contribution >= 4 is 23.1 Å². The predicted molar refractivity (Wildman–Crippen MR) is 77.0 cm³/mol. The molecule has 0 spiro atoms. The van der Waals surface area contributed by atoms with E-state index in [4.69, 9.17) is 5.73 Å². The summed E-state index contributed by atoms with van der Waals surface area (Å²) in [6.45, 7) is 3.28. The molecule has 0 aliphatic heterocycles. The highest BCUT2D eigenvalue weighted by Gasteiger charge is 2.16. The zero-order valence-corrected chi connectivity index (χ0v) is 11.5. The summed E-state index contributed by atoms with van der Waals surface area (Å²) in [5, 5.41) is 13.5. The van der Waals surface area contributed by atoms with E-state index in [1.807, 2.05) is 0 Å². The summed E-state index contributed by atoms with van der Waals surface area (Å²) in [7, 11) is 0. The Bertz CT molecular complexity index is 730. The van der Waals surface area contributed by atoms with E-state index in [2.05, 4.69) is 15.3 Å². The number of nitrogen functional groups attached to an aromatic ring is 1. The number of amides is 1. The van der Waals surface area contributed by atoms with Crippen molar-refractivity contribution in [2.75, 3.05) is 11.1 Å². The van der Waals surface area contributed by atoms with Gasteiger partial charge in [-0.15, -0.1) is 0 Å². The molecule has 0 atom stereocenters. The molecule has 1 heterocycles. The van der Waals surface area contributed by atoms with Gasteiger partial charge in [0.2, 0.25) is 0 Å². The lowest BCUT2D eigenvalue weighted by molar-refractivity contribution is -0.385. The molecule has 0 aliphatic rings. The van der Waals surface area contributed by atoms with Gasteiger partial charge >= 0.3 is 0 Å². The van der Waals surface area contributed by atoms with Crippen LogP contribution in [-0.2, 0) is 0 Å². The van der Waals surface area contributed by atoms with Crippen molar-refractivity contribution in [1.29, 1.82) is 0 Å². The zero-order chi connectivity index (χ0) is 15.6. The fraction of sp³-hybridized carbons (Fsp3) is 0.154. The molecular weight excluding hydrogens is 274 g/mol. The minimum absolute atomic E-state index is 0.00856. The van der Waals surface area contributed by atoms with Gasteiger partial charge in [-0.1, -0.05) is 0 Å². The van der Waals surface area contributed by atoms with Crippen molar-refractivity contribution < 1.29 is 9.72 Å². The molecule has 0 radical (unpaired) electrons. The van der Waals surface area contributed by atoms with E-state index in [0.29, 0.717) is 16.8 Å². The first-order valence-electron chi connectivity index (χ1n) is 6.03. The number of aromatic nitrogens is 2. The molecule has 0 unspecified atom stereocenters. The van der Waals surface area contributed by atoms with Crippen LogP contribution < -0.4 is 11.1 Å². The standard InChI is InChI=1S/C13H13N5O3/c1-7-4-11(18(20)21)8(2)3-9(7)17-13(19)10-5-15-6-12(14)16-10/h3-6H,1-2H3,(H2,14,16)(H,17,19). The Balaban J connectivity index is 2.30. The second kappa shape index (κ2) is 5.53. The van der Waals surface area contributed by atoms with Gasteiger partial charge in [-0.2, -0.15) is 0 Å². The number of nitrogens with one attached hydrogen (secondary N) is 1. The summed E-state index contributed by atoms with van der Waals surface area (Å²) >= 11 is 0. The van der Waals surface area contributed by atoms with Crippen molar-refractivity contribution in [2.45, 2.75) is 13.8 Å². The number of rotatable bonds is 3. The largest absolute Gasteiger partial charge is 0.382 e. The van der Waals surface area contributed by atoms with Crippen LogP contribution in [0.15, 0.2) is 24.5 Å². The molecule has 1 amide bonds. The molecule has 0 fully saturated rings. The molecule has 2 aromatic rings. The van der Waals surface area contributed by atoms with Gasteiger partial charge in [0, 0.05) is 17.3 Å². The topological polar surface area (TPSA) is 124 Å². The molecule has 0 aliphatic carbocycles. The lowest BCUT2D eigenvalue weighted by Crippen LogP contribution is -2.15. The summed E-state index contributed by atoms with van der Waals surface area (Å²) in [6, 6.07) is 2.96.